The quantitative estimate of drug-likeness (QED) is 0.617. The molecule has 0 radical (unpaired) electrons. The number of anilines is 1. The summed E-state index contributed by atoms with van der Waals surface area (Å²) in [6.45, 7) is 0.497. The summed E-state index contributed by atoms with van der Waals surface area (Å²) in [6, 6.07) is 12.0. The topological polar surface area (TPSA) is 75.3 Å². The summed E-state index contributed by atoms with van der Waals surface area (Å²) in [4.78, 5) is 12.2. The van der Waals surface area contributed by atoms with Crippen LogP contribution in [0.3, 0.4) is 0 Å². The van der Waals surface area contributed by atoms with Gasteiger partial charge in [0.2, 0.25) is 10.0 Å². The average molecular weight is 433 g/mol. The summed E-state index contributed by atoms with van der Waals surface area (Å²) >= 11 is 13.6. The van der Waals surface area contributed by atoms with Gasteiger partial charge in [0.1, 0.15) is 0 Å². The van der Waals surface area contributed by atoms with Crippen LogP contribution in [0.25, 0.3) is 0 Å². The summed E-state index contributed by atoms with van der Waals surface area (Å²) < 4.78 is 24.7. The monoisotopic (exact) mass is 432 g/mol. The molecule has 1 amide bonds. The fraction of sp³-hybridized carbons (Fsp3) is 0.235. The molecule has 2 rings (SSSR count). The normalized spacial score (nSPS) is 11.2. The summed E-state index contributed by atoms with van der Waals surface area (Å²) in [6.07, 6.45) is 1.04. The van der Waals surface area contributed by atoms with Crippen molar-refractivity contribution in [2.45, 2.75) is 5.75 Å². The van der Waals surface area contributed by atoms with Crippen molar-refractivity contribution in [2.24, 2.45) is 0 Å². The van der Waals surface area contributed by atoms with Crippen LogP contribution in [-0.4, -0.2) is 32.9 Å². The van der Waals surface area contributed by atoms with Gasteiger partial charge >= 0.3 is 0 Å². The number of thioether (sulfide) groups is 1. The molecular formula is C17H18Cl2N2O3S2. The van der Waals surface area contributed by atoms with Crippen molar-refractivity contribution < 1.29 is 13.2 Å². The third-order valence-corrected chi connectivity index (χ3v) is 5.43. The van der Waals surface area contributed by atoms with Crippen LogP contribution in [-0.2, 0) is 15.8 Å². The highest BCUT2D eigenvalue weighted by molar-refractivity contribution is 7.98. The highest BCUT2D eigenvalue weighted by atomic mass is 35.5. The fourth-order valence-electron chi connectivity index (χ4n) is 2.08. The van der Waals surface area contributed by atoms with E-state index in [-0.39, 0.29) is 10.9 Å². The third kappa shape index (κ3) is 7.07. The first kappa shape index (κ1) is 20.9. The number of carbonyl (C=O) groups excluding carboxylic acids is 1. The number of benzene rings is 2. The molecule has 0 fully saturated rings. The van der Waals surface area contributed by atoms with Crippen LogP contribution in [0.4, 0.5) is 5.69 Å². The predicted octanol–water partition coefficient (Wildman–Crippen LogP) is 4.03. The second kappa shape index (κ2) is 9.50. The number of carbonyl (C=O) groups is 1. The summed E-state index contributed by atoms with van der Waals surface area (Å²) in [7, 11) is -3.39. The smallest absolute Gasteiger partial charge is 0.252 e. The first-order valence-electron chi connectivity index (χ1n) is 7.62. The molecule has 0 aliphatic heterocycles. The molecule has 0 aliphatic carbocycles. The molecule has 5 nitrogen and oxygen atoms in total. The van der Waals surface area contributed by atoms with Crippen molar-refractivity contribution in [2.75, 3.05) is 23.3 Å². The predicted molar refractivity (Wildman–Crippen MR) is 110 cm³/mol. The van der Waals surface area contributed by atoms with Gasteiger partial charge in [-0.3, -0.25) is 9.52 Å². The number of halogens is 2. The molecule has 0 aliphatic rings. The number of rotatable bonds is 8. The molecule has 0 saturated carbocycles. The van der Waals surface area contributed by atoms with Crippen LogP contribution >= 0.6 is 35.0 Å². The summed E-state index contributed by atoms with van der Waals surface area (Å²) in [5.74, 6) is 1.28. The third-order valence-electron chi connectivity index (χ3n) is 3.23. The Kier molecular flexibility index (Phi) is 7.64. The second-order valence-corrected chi connectivity index (χ2v) is 9.20. The molecule has 0 atom stereocenters. The van der Waals surface area contributed by atoms with Crippen molar-refractivity contribution in [3.63, 3.8) is 0 Å². The van der Waals surface area contributed by atoms with Crippen LogP contribution in [0.5, 0.6) is 0 Å². The number of amides is 1. The Balaban J connectivity index is 1.79. The van der Waals surface area contributed by atoms with E-state index in [1.54, 1.807) is 11.8 Å². The molecule has 26 heavy (non-hydrogen) atoms. The molecule has 0 unspecified atom stereocenters. The van der Waals surface area contributed by atoms with E-state index in [0.29, 0.717) is 22.8 Å². The summed E-state index contributed by atoms with van der Waals surface area (Å²) in [5, 5.41) is 3.69. The van der Waals surface area contributed by atoms with E-state index in [9.17, 15) is 13.2 Å². The van der Waals surface area contributed by atoms with Crippen molar-refractivity contribution in [3.05, 3.63) is 63.6 Å². The van der Waals surface area contributed by atoms with E-state index in [1.807, 2.05) is 24.3 Å². The molecular weight excluding hydrogens is 415 g/mol. The highest BCUT2D eigenvalue weighted by Crippen LogP contribution is 2.21. The van der Waals surface area contributed by atoms with E-state index in [0.717, 1.165) is 17.8 Å². The molecule has 0 heterocycles. The SMILES string of the molecule is CS(=O)(=O)Nc1ccc(C(=O)NCCSCc2ccc(Cl)cc2)c(Cl)c1. The maximum Gasteiger partial charge on any atom is 0.252 e. The van der Waals surface area contributed by atoms with Gasteiger partial charge in [0, 0.05) is 28.8 Å². The van der Waals surface area contributed by atoms with E-state index in [4.69, 9.17) is 23.2 Å². The van der Waals surface area contributed by atoms with Gasteiger partial charge in [0.25, 0.3) is 5.91 Å². The number of hydrogen-bond donors (Lipinski definition) is 2. The Bertz CT molecular complexity index is 872. The fourth-order valence-corrected chi connectivity index (χ4v) is 3.85. The minimum atomic E-state index is -3.39. The van der Waals surface area contributed by atoms with Gasteiger partial charge in [-0.1, -0.05) is 35.3 Å². The Labute approximate surface area is 167 Å². The molecule has 0 spiro atoms. The number of sulfonamides is 1. The first-order chi connectivity index (χ1) is 12.2. The molecule has 9 heteroatoms. The lowest BCUT2D eigenvalue weighted by Gasteiger charge is -2.09. The van der Waals surface area contributed by atoms with Gasteiger partial charge in [0.15, 0.2) is 0 Å². The van der Waals surface area contributed by atoms with Crippen LogP contribution < -0.4 is 10.0 Å². The molecule has 2 N–H and O–H groups in total. The van der Waals surface area contributed by atoms with Gasteiger partial charge < -0.3 is 5.32 Å². The van der Waals surface area contributed by atoms with E-state index < -0.39 is 10.0 Å². The van der Waals surface area contributed by atoms with Gasteiger partial charge in [0.05, 0.1) is 16.8 Å². The molecule has 2 aromatic carbocycles. The van der Waals surface area contributed by atoms with Gasteiger partial charge in [-0.2, -0.15) is 11.8 Å². The molecule has 140 valence electrons. The molecule has 0 saturated heterocycles. The van der Waals surface area contributed by atoms with E-state index >= 15 is 0 Å². The Morgan fingerprint density at radius 3 is 2.42 bits per heavy atom. The Morgan fingerprint density at radius 1 is 1.12 bits per heavy atom. The zero-order valence-corrected chi connectivity index (χ0v) is 17.1. The number of hydrogen-bond acceptors (Lipinski definition) is 4. The van der Waals surface area contributed by atoms with Gasteiger partial charge in [-0.25, -0.2) is 8.42 Å². The van der Waals surface area contributed by atoms with Crippen molar-refractivity contribution >= 4 is 56.6 Å². The molecule has 2 aromatic rings. The zero-order valence-electron chi connectivity index (χ0n) is 14.0. The maximum absolute atomic E-state index is 12.2. The Hall–Kier alpha value is -1.41. The van der Waals surface area contributed by atoms with Crippen LogP contribution in [0.1, 0.15) is 15.9 Å². The number of nitrogens with one attached hydrogen (secondary N) is 2. The minimum absolute atomic E-state index is 0.185. The lowest BCUT2D eigenvalue weighted by Crippen LogP contribution is -2.26. The average Bonchev–Trinajstić information content (AvgIpc) is 2.54. The van der Waals surface area contributed by atoms with Crippen LogP contribution in [0, 0.1) is 0 Å². The lowest BCUT2D eigenvalue weighted by atomic mass is 10.2. The van der Waals surface area contributed by atoms with Gasteiger partial charge in [-0.15, -0.1) is 0 Å². The largest absolute Gasteiger partial charge is 0.351 e. The standard InChI is InChI=1S/C17H18Cl2N2O3S2/c1-26(23,24)21-14-6-7-15(16(19)10-14)17(22)20-8-9-25-11-12-2-4-13(18)5-3-12/h2-7,10,21H,8-9,11H2,1H3,(H,20,22). The Morgan fingerprint density at radius 2 is 1.81 bits per heavy atom. The van der Waals surface area contributed by atoms with E-state index in [1.165, 1.54) is 23.8 Å². The second-order valence-electron chi connectivity index (χ2n) is 5.50. The lowest BCUT2D eigenvalue weighted by molar-refractivity contribution is 0.0956. The maximum atomic E-state index is 12.2. The van der Waals surface area contributed by atoms with Crippen LogP contribution in [0.2, 0.25) is 10.0 Å². The van der Waals surface area contributed by atoms with Crippen molar-refractivity contribution in [1.29, 1.82) is 0 Å². The van der Waals surface area contributed by atoms with Crippen molar-refractivity contribution in [3.8, 4) is 0 Å². The summed E-state index contributed by atoms with van der Waals surface area (Å²) in [5.41, 5.74) is 1.78. The zero-order chi connectivity index (χ0) is 19.2. The molecule has 0 aromatic heterocycles. The highest BCUT2D eigenvalue weighted by Gasteiger charge is 2.11. The van der Waals surface area contributed by atoms with E-state index in [2.05, 4.69) is 10.0 Å². The minimum Gasteiger partial charge on any atom is -0.351 e. The van der Waals surface area contributed by atoms with Crippen molar-refractivity contribution in [1.82, 2.24) is 5.32 Å². The van der Waals surface area contributed by atoms with Crippen LogP contribution in [0.15, 0.2) is 42.5 Å². The molecule has 0 bridgehead atoms. The first-order valence-corrected chi connectivity index (χ1v) is 11.4. The van der Waals surface area contributed by atoms with Gasteiger partial charge in [-0.05, 0) is 35.9 Å².